The number of halogens is 1. The summed E-state index contributed by atoms with van der Waals surface area (Å²) in [6.07, 6.45) is -0.777. The fourth-order valence-corrected chi connectivity index (χ4v) is 3.00. The Morgan fingerprint density at radius 3 is 2.38 bits per heavy atom. The van der Waals surface area contributed by atoms with E-state index in [2.05, 4.69) is 0 Å². The number of ether oxygens (including phenoxy) is 2. The lowest BCUT2D eigenvalue weighted by atomic mass is 10.1. The van der Waals surface area contributed by atoms with Crippen molar-refractivity contribution in [2.75, 3.05) is 6.61 Å². The highest BCUT2D eigenvalue weighted by atomic mass is 35.5. The predicted octanol–water partition coefficient (Wildman–Crippen LogP) is 3.39. The van der Waals surface area contributed by atoms with Crippen LogP contribution in [0.3, 0.4) is 0 Å². The third-order valence-corrected chi connectivity index (χ3v) is 4.65. The molecule has 0 saturated carbocycles. The number of likely N-dealkylation sites (tertiary alicyclic amines) is 1. The number of hydrogen-bond donors (Lipinski definition) is 0. The minimum absolute atomic E-state index is 0.0192. The molecule has 2 amide bonds. The third-order valence-electron chi connectivity index (χ3n) is 4.40. The monoisotopic (exact) mass is 415 g/mol. The van der Waals surface area contributed by atoms with Gasteiger partial charge in [-0.25, -0.2) is 14.5 Å². The minimum Gasteiger partial charge on any atom is -0.456 e. The molecule has 1 atom stereocenters. The lowest BCUT2D eigenvalue weighted by molar-refractivity contribution is -0.149. The van der Waals surface area contributed by atoms with Gasteiger partial charge in [0.15, 0.2) is 12.4 Å². The summed E-state index contributed by atoms with van der Waals surface area (Å²) in [4.78, 5) is 49.7. The molecule has 1 aliphatic heterocycles. The van der Waals surface area contributed by atoms with Crippen LogP contribution >= 0.6 is 11.6 Å². The zero-order valence-corrected chi connectivity index (χ0v) is 16.1. The molecule has 0 radical (unpaired) electrons. The zero-order chi connectivity index (χ0) is 20.8. The average molecular weight is 416 g/mol. The normalized spacial score (nSPS) is 15.8. The Hall–Kier alpha value is -3.19. The summed E-state index contributed by atoms with van der Waals surface area (Å²) in [6.45, 7) is -0.529. The van der Waals surface area contributed by atoms with Gasteiger partial charge in [0.25, 0.3) is 0 Å². The van der Waals surface area contributed by atoms with Gasteiger partial charge in [0.2, 0.25) is 5.91 Å². The molecule has 0 N–H and O–H groups in total. The first-order chi connectivity index (χ1) is 14.0. The number of carbonyl (C=O) groups excluding carboxylic acids is 4. The Balaban J connectivity index is 1.57. The highest BCUT2D eigenvalue weighted by Gasteiger charge is 2.42. The molecule has 1 heterocycles. The van der Waals surface area contributed by atoms with Crippen molar-refractivity contribution in [2.45, 2.75) is 25.5 Å². The zero-order valence-electron chi connectivity index (χ0n) is 15.4. The van der Waals surface area contributed by atoms with E-state index in [-0.39, 0.29) is 19.4 Å². The van der Waals surface area contributed by atoms with Crippen LogP contribution in [0.4, 0.5) is 4.79 Å². The molecule has 0 aromatic heterocycles. The molecule has 0 spiro atoms. The van der Waals surface area contributed by atoms with E-state index in [1.807, 2.05) is 6.07 Å². The van der Waals surface area contributed by atoms with Crippen molar-refractivity contribution in [3.05, 3.63) is 70.7 Å². The summed E-state index contributed by atoms with van der Waals surface area (Å²) in [7, 11) is 0. The van der Waals surface area contributed by atoms with Gasteiger partial charge >= 0.3 is 12.1 Å². The van der Waals surface area contributed by atoms with Crippen molar-refractivity contribution in [3.8, 4) is 0 Å². The van der Waals surface area contributed by atoms with Crippen LogP contribution in [0.1, 0.15) is 28.8 Å². The van der Waals surface area contributed by atoms with Gasteiger partial charge in [-0.1, -0.05) is 41.9 Å². The van der Waals surface area contributed by atoms with Crippen LogP contribution in [0.25, 0.3) is 0 Å². The van der Waals surface area contributed by atoms with Gasteiger partial charge in [-0.3, -0.25) is 9.59 Å². The Morgan fingerprint density at radius 2 is 1.69 bits per heavy atom. The van der Waals surface area contributed by atoms with E-state index in [1.165, 1.54) is 12.1 Å². The molecule has 0 bridgehead atoms. The molecule has 0 unspecified atom stereocenters. The van der Waals surface area contributed by atoms with Crippen LogP contribution in [0.15, 0.2) is 54.6 Å². The smallest absolute Gasteiger partial charge is 0.417 e. The van der Waals surface area contributed by atoms with Crippen LogP contribution in [0.5, 0.6) is 0 Å². The molecule has 2 aromatic rings. The van der Waals surface area contributed by atoms with Crippen LogP contribution < -0.4 is 0 Å². The first-order valence-corrected chi connectivity index (χ1v) is 9.31. The molecule has 150 valence electrons. The largest absolute Gasteiger partial charge is 0.456 e. The van der Waals surface area contributed by atoms with Gasteiger partial charge in [0, 0.05) is 17.0 Å². The standard InChI is InChI=1S/C21H18ClNO6/c22-16-8-6-15(7-9-16)18(24)13-28-20(26)17-10-11-19(25)23(17)21(27)29-12-14-4-2-1-3-5-14/h1-9,17H,10-13H2/t17-/m0/s1. The lowest BCUT2D eigenvalue weighted by Crippen LogP contribution is -2.44. The van der Waals surface area contributed by atoms with Crippen molar-refractivity contribution in [3.63, 3.8) is 0 Å². The molecule has 7 nitrogen and oxygen atoms in total. The number of amides is 2. The van der Waals surface area contributed by atoms with E-state index in [0.717, 1.165) is 10.5 Å². The number of hydrogen-bond acceptors (Lipinski definition) is 6. The number of rotatable bonds is 6. The van der Waals surface area contributed by atoms with Gasteiger partial charge in [0.1, 0.15) is 12.6 Å². The molecule has 2 aromatic carbocycles. The Morgan fingerprint density at radius 1 is 1.00 bits per heavy atom. The van der Waals surface area contributed by atoms with Crippen LogP contribution in [0, 0.1) is 0 Å². The number of nitrogens with zero attached hydrogens (tertiary/aromatic N) is 1. The van der Waals surface area contributed by atoms with Gasteiger partial charge in [-0.2, -0.15) is 0 Å². The number of benzene rings is 2. The van der Waals surface area contributed by atoms with Crippen LogP contribution in [0.2, 0.25) is 5.02 Å². The van der Waals surface area contributed by atoms with E-state index in [9.17, 15) is 19.2 Å². The first-order valence-electron chi connectivity index (χ1n) is 8.94. The van der Waals surface area contributed by atoms with Gasteiger partial charge in [-0.15, -0.1) is 0 Å². The maximum atomic E-state index is 12.4. The quantitative estimate of drug-likeness (QED) is 0.530. The Kier molecular flexibility index (Phi) is 6.61. The molecule has 29 heavy (non-hydrogen) atoms. The first kappa shape index (κ1) is 20.5. The number of carbonyl (C=O) groups is 4. The van der Waals surface area contributed by atoms with Gasteiger partial charge in [-0.05, 0) is 36.2 Å². The second kappa shape index (κ2) is 9.34. The second-order valence-electron chi connectivity index (χ2n) is 6.40. The van der Waals surface area contributed by atoms with Gasteiger partial charge in [0.05, 0.1) is 0 Å². The molecule has 1 aliphatic rings. The van der Waals surface area contributed by atoms with Crippen molar-refractivity contribution in [1.82, 2.24) is 4.90 Å². The summed E-state index contributed by atoms with van der Waals surface area (Å²) >= 11 is 5.78. The highest BCUT2D eigenvalue weighted by molar-refractivity contribution is 6.30. The fraction of sp³-hybridized carbons (Fsp3) is 0.238. The maximum absolute atomic E-state index is 12.4. The molecule has 1 fully saturated rings. The van der Waals surface area contributed by atoms with Crippen molar-refractivity contribution in [2.24, 2.45) is 0 Å². The van der Waals surface area contributed by atoms with Crippen LogP contribution in [-0.2, 0) is 25.7 Å². The fourth-order valence-electron chi connectivity index (χ4n) is 2.88. The Bertz CT molecular complexity index is 913. The summed E-state index contributed by atoms with van der Waals surface area (Å²) in [5.41, 5.74) is 1.09. The number of imide groups is 1. The molecular formula is C21H18ClNO6. The van der Waals surface area contributed by atoms with Crippen molar-refractivity contribution in [1.29, 1.82) is 0 Å². The predicted molar refractivity (Wildman–Crippen MR) is 103 cm³/mol. The average Bonchev–Trinajstić information content (AvgIpc) is 3.13. The molecule has 1 saturated heterocycles. The summed E-state index contributed by atoms with van der Waals surface area (Å²) < 4.78 is 10.2. The second-order valence-corrected chi connectivity index (χ2v) is 6.83. The van der Waals surface area contributed by atoms with Crippen molar-refractivity contribution >= 4 is 35.4 Å². The Labute approximate surface area is 172 Å². The topological polar surface area (TPSA) is 90.0 Å². The molecule has 0 aliphatic carbocycles. The summed E-state index contributed by atoms with van der Waals surface area (Å²) in [5.74, 6) is -1.76. The van der Waals surface area contributed by atoms with E-state index >= 15 is 0 Å². The lowest BCUT2D eigenvalue weighted by Gasteiger charge is -2.21. The van der Waals surface area contributed by atoms with E-state index in [4.69, 9.17) is 21.1 Å². The third kappa shape index (κ3) is 5.20. The van der Waals surface area contributed by atoms with E-state index in [0.29, 0.717) is 10.6 Å². The van der Waals surface area contributed by atoms with Crippen molar-refractivity contribution < 1.29 is 28.7 Å². The van der Waals surface area contributed by atoms with Gasteiger partial charge < -0.3 is 9.47 Å². The molecule has 8 heteroatoms. The van der Waals surface area contributed by atoms with Crippen LogP contribution in [-0.4, -0.2) is 41.3 Å². The minimum atomic E-state index is -1.11. The van der Waals surface area contributed by atoms with E-state index < -0.39 is 36.4 Å². The number of esters is 1. The number of Topliss-reactive ketones (excluding diaryl/α,β-unsaturated/α-hetero) is 1. The SMILES string of the molecule is O=C(COC(=O)[C@@H]1CCC(=O)N1C(=O)OCc1ccccc1)c1ccc(Cl)cc1. The molecule has 3 rings (SSSR count). The molecular weight excluding hydrogens is 398 g/mol. The highest BCUT2D eigenvalue weighted by Crippen LogP contribution is 2.22. The number of ketones is 1. The maximum Gasteiger partial charge on any atom is 0.417 e. The summed E-state index contributed by atoms with van der Waals surface area (Å²) in [5, 5.41) is 0.479. The summed E-state index contributed by atoms with van der Waals surface area (Å²) in [6, 6.07) is 14.0. The van der Waals surface area contributed by atoms with E-state index in [1.54, 1.807) is 36.4 Å².